The molecule has 0 radical (unpaired) electrons. The first-order valence-electron chi connectivity index (χ1n) is 7.21. The number of piperidine rings is 1. The smallest absolute Gasteiger partial charge is 0.243 e. The third kappa shape index (κ3) is 2.98. The molecular weight excluding hydrogens is 326 g/mol. The van der Waals surface area contributed by atoms with Crippen LogP contribution in [0.2, 0.25) is 0 Å². The molecule has 0 spiro atoms. The van der Waals surface area contributed by atoms with Crippen molar-refractivity contribution in [1.29, 1.82) is 0 Å². The van der Waals surface area contributed by atoms with Gasteiger partial charge in [-0.1, -0.05) is 0 Å². The third-order valence-electron chi connectivity index (χ3n) is 4.10. The summed E-state index contributed by atoms with van der Waals surface area (Å²) in [7, 11) is -3.82. The maximum absolute atomic E-state index is 13.3. The van der Waals surface area contributed by atoms with Crippen molar-refractivity contribution in [3.05, 3.63) is 42.0 Å². The average Bonchev–Trinajstić information content (AvgIpc) is 2.96. The molecule has 2 heterocycles. The number of hydrogen-bond donors (Lipinski definition) is 0. The molecule has 1 saturated heterocycles. The number of hydrogen-bond acceptors (Lipinski definition) is 4. The van der Waals surface area contributed by atoms with Gasteiger partial charge in [-0.15, -0.1) is 10.2 Å². The second kappa shape index (κ2) is 5.97. The molecule has 0 aliphatic carbocycles. The number of rotatable bonds is 3. The number of aromatic nitrogens is 3. The highest BCUT2D eigenvalue weighted by molar-refractivity contribution is 7.89. The standard InChI is InChI=1S/C14H16F2N4O2S/c1-10-18-17-9-20(10)11-4-6-19(7-5-11)23(21,22)12-2-3-13(15)14(16)8-12/h2-3,8-9,11H,4-7H2,1H3. The van der Waals surface area contributed by atoms with E-state index in [-0.39, 0.29) is 10.9 Å². The van der Waals surface area contributed by atoms with Gasteiger partial charge in [-0.05, 0) is 38.0 Å². The van der Waals surface area contributed by atoms with Crippen LogP contribution in [0.5, 0.6) is 0 Å². The zero-order valence-corrected chi connectivity index (χ0v) is 13.3. The van der Waals surface area contributed by atoms with Crippen molar-refractivity contribution in [3.63, 3.8) is 0 Å². The second-order valence-corrected chi connectivity index (χ2v) is 7.43. The van der Waals surface area contributed by atoms with Gasteiger partial charge in [0.25, 0.3) is 0 Å². The van der Waals surface area contributed by atoms with Gasteiger partial charge >= 0.3 is 0 Å². The monoisotopic (exact) mass is 342 g/mol. The van der Waals surface area contributed by atoms with Crippen molar-refractivity contribution in [2.24, 2.45) is 0 Å². The van der Waals surface area contributed by atoms with Crippen LogP contribution in [0.25, 0.3) is 0 Å². The Labute approximate surface area is 132 Å². The molecule has 23 heavy (non-hydrogen) atoms. The molecule has 2 aromatic rings. The lowest BCUT2D eigenvalue weighted by Crippen LogP contribution is -2.39. The van der Waals surface area contributed by atoms with Crippen LogP contribution >= 0.6 is 0 Å². The van der Waals surface area contributed by atoms with E-state index in [1.807, 2.05) is 11.5 Å². The Morgan fingerprint density at radius 1 is 1.17 bits per heavy atom. The Hall–Kier alpha value is -1.87. The molecule has 0 bridgehead atoms. The first-order chi connectivity index (χ1) is 10.9. The van der Waals surface area contributed by atoms with Crippen LogP contribution in [0.4, 0.5) is 8.78 Å². The first kappa shape index (κ1) is 16.0. The van der Waals surface area contributed by atoms with Crippen LogP contribution < -0.4 is 0 Å². The minimum atomic E-state index is -3.82. The van der Waals surface area contributed by atoms with E-state index in [9.17, 15) is 17.2 Å². The summed E-state index contributed by atoms with van der Waals surface area (Å²) >= 11 is 0. The summed E-state index contributed by atoms with van der Waals surface area (Å²) in [6, 6.07) is 2.78. The Morgan fingerprint density at radius 3 is 2.43 bits per heavy atom. The lowest BCUT2D eigenvalue weighted by molar-refractivity contribution is 0.271. The van der Waals surface area contributed by atoms with E-state index in [4.69, 9.17) is 0 Å². The Morgan fingerprint density at radius 2 is 1.87 bits per heavy atom. The van der Waals surface area contributed by atoms with Gasteiger partial charge < -0.3 is 4.57 Å². The Bertz CT molecular complexity index is 814. The highest BCUT2D eigenvalue weighted by Gasteiger charge is 2.31. The highest BCUT2D eigenvalue weighted by Crippen LogP contribution is 2.27. The fourth-order valence-electron chi connectivity index (χ4n) is 2.81. The predicted molar refractivity (Wildman–Crippen MR) is 78.1 cm³/mol. The molecule has 6 nitrogen and oxygen atoms in total. The summed E-state index contributed by atoms with van der Waals surface area (Å²) in [5.74, 6) is -1.45. The van der Waals surface area contributed by atoms with Gasteiger partial charge in [0.15, 0.2) is 11.6 Å². The Balaban J connectivity index is 1.76. The summed E-state index contributed by atoms with van der Waals surface area (Å²) in [5.41, 5.74) is 0. The van der Waals surface area contributed by atoms with Crippen LogP contribution in [0, 0.1) is 18.6 Å². The van der Waals surface area contributed by atoms with E-state index in [2.05, 4.69) is 10.2 Å². The quantitative estimate of drug-likeness (QED) is 0.854. The summed E-state index contributed by atoms with van der Waals surface area (Å²) in [4.78, 5) is -0.227. The van der Waals surface area contributed by atoms with Gasteiger partial charge in [-0.2, -0.15) is 4.31 Å². The van der Waals surface area contributed by atoms with Crippen LogP contribution in [0.3, 0.4) is 0 Å². The Kier molecular flexibility index (Phi) is 4.15. The molecule has 0 atom stereocenters. The van der Waals surface area contributed by atoms with Gasteiger partial charge in [0.1, 0.15) is 12.2 Å². The van der Waals surface area contributed by atoms with Crippen molar-refractivity contribution in [2.75, 3.05) is 13.1 Å². The largest absolute Gasteiger partial charge is 0.315 e. The minimum absolute atomic E-state index is 0.140. The molecule has 0 saturated carbocycles. The lowest BCUT2D eigenvalue weighted by atomic mass is 10.1. The van der Waals surface area contributed by atoms with Gasteiger partial charge in [0.2, 0.25) is 10.0 Å². The van der Waals surface area contributed by atoms with Crippen LogP contribution in [-0.2, 0) is 10.0 Å². The molecule has 124 valence electrons. The molecule has 1 aliphatic rings. The van der Waals surface area contributed by atoms with Crippen molar-refractivity contribution >= 4 is 10.0 Å². The fourth-order valence-corrected chi connectivity index (χ4v) is 4.29. The average molecular weight is 342 g/mol. The molecular formula is C14H16F2N4O2S. The number of benzene rings is 1. The number of aryl methyl sites for hydroxylation is 1. The molecule has 0 amide bonds. The van der Waals surface area contributed by atoms with Gasteiger partial charge in [-0.3, -0.25) is 0 Å². The van der Waals surface area contributed by atoms with E-state index in [0.717, 1.165) is 24.0 Å². The zero-order chi connectivity index (χ0) is 16.6. The summed E-state index contributed by atoms with van der Waals surface area (Å²) in [6.45, 7) is 2.46. The van der Waals surface area contributed by atoms with Crippen molar-refractivity contribution in [3.8, 4) is 0 Å². The normalized spacial score (nSPS) is 17.5. The van der Waals surface area contributed by atoms with E-state index in [1.165, 1.54) is 4.31 Å². The highest BCUT2D eigenvalue weighted by atomic mass is 32.2. The number of sulfonamides is 1. The van der Waals surface area contributed by atoms with Crippen molar-refractivity contribution in [2.45, 2.75) is 30.7 Å². The van der Waals surface area contributed by atoms with E-state index < -0.39 is 21.7 Å². The predicted octanol–water partition coefficient (Wildman–Crippen LogP) is 1.89. The topological polar surface area (TPSA) is 68.1 Å². The lowest BCUT2D eigenvalue weighted by Gasteiger charge is -2.32. The summed E-state index contributed by atoms with van der Waals surface area (Å²) < 4.78 is 54.5. The van der Waals surface area contributed by atoms with E-state index in [1.54, 1.807) is 6.33 Å². The molecule has 1 fully saturated rings. The number of nitrogens with zero attached hydrogens (tertiary/aromatic N) is 4. The van der Waals surface area contributed by atoms with Gasteiger partial charge in [0, 0.05) is 19.1 Å². The van der Waals surface area contributed by atoms with Crippen LogP contribution in [-0.4, -0.2) is 40.6 Å². The molecule has 3 rings (SSSR count). The summed E-state index contributed by atoms with van der Waals surface area (Å²) in [5, 5.41) is 7.76. The third-order valence-corrected chi connectivity index (χ3v) is 5.99. The van der Waals surface area contributed by atoms with Crippen molar-refractivity contribution in [1.82, 2.24) is 19.1 Å². The number of halogens is 2. The molecule has 9 heteroatoms. The maximum Gasteiger partial charge on any atom is 0.243 e. The fraction of sp³-hybridized carbons (Fsp3) is 0.429. The minimum Gasteiger partial charge on any atom is -0.315 e. The van der Waals surface area contributed by atoms with E-state index >= 15 is 0 Å². The van der Waals surface area contributed by atoms with Crippen molar-refractivity contribution < 1.29 is 17.2 Å². The van der Waals surface area contributed by atoms with Crippen LogP contribution in [0.1, 0.15) is 24.7 Å². The van der Waals surface area contributed by atoms with Crippen LogP contribution in [0.15, 0.2) is 29.4 Å². The first-order valence-corrected chi connectivity index (χ1v) is 8.65. The molecule has 1 aliphatic heterocycles. The molecule has 0 N–H and O–H groups in total. The molecule has 1 aromatic heterocycles. The van der Waals surface area contributed by atoms with Gasteiger partial charge in [0.05, 0.1) is 4.90 Å². The SMILES string of the molecule is Cc1nncn1C1CCN(S(=O)(=O)c2ccc(F)c(F)c2)CC1. The van der Waals surface area contributed by atoms with E-state index in [0.29, 0.717) is 25.9 Å². The van der Waals surface area contributed by atoms with Gasteiger partial charge in [-0.25, -0.2) is 17.2 Å². The molecule has 0 unspecified atom stereocenters. The molecule has 1 aromatic carbocycles. The zero-order valence-electron chi connectivity index (χ0n) is 12.5. The summed E-state index contributed by atoms with van der Waals surface area (Å²) in [6.07, 6.45) is 2.86. The second-order valence-electron chi connectivity index (χ2n) is 5.50. The maximum atomic E-state index is 13.3.